The SMILES string of the molecule is CNC(=O)[C@@H]1CCCN1CC/C=C/c1cccc(OC)c1. The molecule has 0 aliphatic carbocycles. The maximum atomic E-state index is 11.8. The second-order valence-corrected chi connectivity index (χ2v) is 5.28. The van der Waals surface area contributed by atoms with Gasteiger partial charge in [0.25, 0.3) is 0 Å². The van der Waals surface area contributed by atoms with Gasteiger partial charge in [-0.05, 0) is 43.5 Å². The number of nitrogens with one attached hydrogen (secondary N) is 1. The number of ether oxygens (including phenoxy) is 1. The first-order valence-corrected chi connectivity index (χ1v) is 7.51. The zero-order chi connectivity index (χ0) is 15.1. The molecule has 4 nitrogen and oxygen atoms in total. The highest BCUT2D eigenvalue weighted by atomic mass is 16.5. The Hall–Kier alpha value is -1.81. The van der Waals surface area contributed by atoms with E-state index in [4.69, 9.17) is 4.74 Å². The van der Waals surface area contributed by atoms with E-state index in [0.717, 1.165) is 43.7 Å². The van der Waals surface area contributed by atoms with E-state index in [-0.39, 0.29) is 11.9 Å². The Kier molecular flexibility index (Phi) is 5.81. The van der Waals surface area contributed by atoms with Crippen LogP contribution in [0.25, 0.3) is 6.08 Å². The van der Waals surface area contributed by atoms with Gasteiger partial charge in [0, 0.05) is 13.6 Å². The lowest BCUT2D eigenvalue weighted by Crippen LogP contribution is -2.42. The van der Waals surface area contributed by atoms with E-state index >= 15 is 0 Å². The van der Waals surface area contributed by atoms with Crippen LogP contribution in [0.4, 0.5) is 0 Å². The summed E-state index contributed by atoms with van der Waals surface area (Å²) in [6.07, 6.45) is 7.29. The minimum absolute atomic E-state index is 0.0558. The van der Waals surface area contributed by atoms with Crippen LogP contribution in [0.1, 0.15) is 24.8 Å². The molecule has 1 fully saturated rings. The van der Waals surface area contributed by atoms with Crippen LogP contribution >= 0.6 is 0 Å². The van der Waals surface area contributed by atoms with Crippen LogP contribution in [0.2, 0.25) is 0 Å². The minimum atomic E-state index is 0.0558. The summed E-state index contributed by atoms with van der Waals surface area (Å²) in [6.45, 7) is 1.95. The highest BCUT2D eigenvalue weighted by Crippen LogP contribution is 2.18. The Morgan fingerprint density at radius 2 is 2.38 bits per heavy atom. The minimum Gasteiger partial charge on any atom is -0.497 e. The lowest BCUT2D eigenvalue weighted by molar-refractivity contribution is -0.124. The summed E-state index contributed by atoms with van der Waals surface area (Å²) in [5, 5.41) is 2.75. The van der Waals surface area contributed by atoms with Gasteiger partial charge < -0.3 is 10.1 Å². The van der Waals surface area contributed by atoms with Crippen molar-refractivity contribution >= 4 is 12.0 Å². The van der Waals surface area contributed by atoms with Gasteiger partial charge in [0.2, 0.25) is 5.91 Å². The predicted molar refractivity (Wildman–Crippen MR) is 85.3 cm³/mol. The van der Waals surface area contributed by atoms with Crippen LogP contribution in [-0.4, -0.2) is 44.1 Å². The molecule has 1 heterocycles. The van der Waals surface area contributed by atoms with Crippen LogP contribution in [-0.2, 0) is 4.79 Å². The third-order valence-electron chi connectivity index (χ3n) is 3.90. The quantitative estimate of drug-likeness (QED) is 0.873. The molecule has 1 N–H and O–H groups in total. The lowest BCUT2D eigenvalue weighted by atomic mass is 10.2. The second-order valence-electron chi connectivity index (χ2n) is 5.28. The number of benzene rings is 1. The smallest absolute Gasteiger partial charge is 0.237 e. The molecule has 1 amide bonds. The summed E-state index contributed by atoms with van der Waals surface area (Å²) in [4.78, 5) is 14.0. The maximum Gasteiger partial charge on any atom is 0.237 e. The number of carbonyl (C=O) groups is 1. The molecule has 0 bridgehead atoms. The molecule has 1 aliphatic heterocycles. The molecule has 1 aliphatic rings. The third-order valence-corrected chi connectivity index (χ3v) is 3.90. The summed E-state index contributed by atoms with van der Waals surface area (Å²) in [6, 6.07) is 8.05. The molecule has 2 rings (SSSR count). The first kappa shape index (κ1) is 15.6. The number of rotatable bonds is 6. The number of likely N-dealkylation sites (tertiary alicyclic amines) is 1. The third kappa shape index (κ3) is 4.33. The van der Waals surface area contributed by atoms with E-state index in [1.54, 1.807) is 14.2 Å². The van der Waals surface area contributed by atoms with E-state index < -0.39 is 0 Å². The Balaban J connectivity index is 1.83. The van der Waals surface area contributed by atoms with Gasteiger partial charge in [0.15, 0.2) is 0 Å². The van der Waals surface area contributed by atoms with Crippen molar-refractivity contribution in [1.29, 1.82) is 0 Å². The maximum absolute atomic E-state index is 11.8. The highest BCUT2D eigenvalue weighted by molar-refractivity contribution is 5.81. The van der Waals surface area contributed by atoms with E-state index in [1.165, 1.54) is 0 Å². The summed E-state index contributed by atoms with van der Waals surface area (Å²) < 4.78 is 5.21. The molecule has 1 aromatic rings. The summed E-state index contributed by atoms with van der Waals surface area (Å²) >= 11 is 0. The average Bonchev–Trinajstić information content (AvgIpc) is 2.99. The van der Waals surface area contributed by atoms with E-state index in [9.17, 15) is 4.79 Å². The fraction of sp³-hybridized carbons (Fsp3) is 0.471. The second kappa shape index (κ2) is 7.84. The topological polar surface area (TPSA) is 41.6 Å². The van der Waals surface area contributed by atoms with Gasteiger partial charge in [-0.3, -0.25) is 9.69 Å². The number of methoxy groups -OCH3 is 1. The lowest BCUT2D eigenvalue weighted by Gasteiger charge is -2.22. The first-order chi connectivity index (χ1) is 10.2. The molecule has 1 atom stereocenters. The fourth-order valence-electron chi connectivity index (χ4n) is 2.76. The Morgan fingerprint density at radius 3 is 3.14 bits per heavy atom. The van der Waals surface area contributed by atoms with E-state index in [1.807, 2.05) is 18.2 Å². The zero-order valence-electron chi connectivity index (χ0n) is 12.8. The standard InChI is InChI=1S/C17H24N2O2/c1-18-17(20)16-10-6-12-19(16)11-4-3-7-14-8-5-9-15(13-14)21-2/h3,5,7-9,13,16H,4,6,10-12H2,1-2H3,(H,18,20)/b7-3+/t16-/m0/s1. The number of likely N-dealkylation sites (N-methyl/N-ethyl adjacent to an activating group) is 1. The van der Waals surface area contributed by atoms with Crippen molar-refractivity contribution in [2.75, 3.05) is 27.2 Å². The number of hydrogen-bond donors (Lipinski definition) is 1. The molecule has 0 unspecified atom stereocenters. The molecule has 114 valence electrons. The molecule has 1 aromatic carbocycles. The van der Waals surface area contributed by atoms with Gasteiger partial charge in [-0.1, -0.05) is 24.3 Å². The highest BCUT2D eigenvalue weighted by Gasteiger charge is 2.28. The zero-order valence-corrected chi connectivity index (χ0v) is 12.8. The Morgan fingerprint density at radius 1 is 1.52 bits per heavy atom. The van der Waals surface area contributed by atoms with Crippen molar-refractivity contribution in [3.05, 3.63) is 35.9 Å². The number of hydrogen-bond acceptors (Lipinski definition) is 3. The number of amides is 1. The fourth-order valence-corrected chi connectivity index (χ4v) is 2.76. The molecule has 0 saturated carbocycles. The van der Waals surface area contributed by atoms with Gasteiger partial charge in [-0.2, -0.15) is 0 Å². The predicted octanol–water partition coefficient (Wildman–Crippen LogP) is 2.31. The molecule has 0 spiro atoms. The van der Waals surface area contributed by atoms with Crippen molar-refractivity contribution < 1.29 is 9.53 Å². The molecule has 4 heteroatoms. The normalized spacial score (nSPS) is 19.0. The Labute approximate surface area is 126 Å². The summed E-state index contributed by atoms with van der Waals surface area (Å²) in [5.41, 5.74) is 1.14. The molecule has 1 saturated heterocycles. The van der Waals surface area contributed by atoms with E-state index in [0.29, 0.717) is 0 Å². The molecule has 0 radical (unpaired) electrons. The van der Waals surface area contributed by atoms with Gasteiger partial charge in [0.1, 0.15) is 5.75 Å². The van der Waals surface area contributed by atoms with E-state index in [2.05, 4.69) is 28.4 Å². The Bertz CT molecular complexity index is 499. The van der Waals surface area contributed by atoms with Gasteiger partial charge >= 0.3 is 0 Å². The molecular weight excluding hydrogens is 264 g/mol. The van der Waals surface area contributed by atoms with Gasteiger partial charge in [-0.25, -0.2) is 0 Å². The van der Waals surface area contributed by atoms with Crippen molar-refractivity contribution in [3.8, 4) is 5.75 Å². The van der Waals surface area contributed by atoms with Crippen LogP contribution in [0, 0.1) is 0 Å². The van der Waals surface area contributed by atoms with Crippen molar-refractivity contribution in [2.24, 2.45) is 0 Å². The van der Waals surface area contributed by atoms with Crippen molar-refractivity contribution in [1.82, 2.24) is 10.2 Å². The number of nitrogens with zero attached hydrogens (tertiary/aromatic N) is 1. The van der Waals surface area contributed by atoms with Crippen molar-refractivity contribution in [2.45, 2.75) is 25.3 Å². The summed E-state index contributed by atoms with van der Waals surface area (Å²) in [5.74, 6) is 1.01. The van der Waals surface area contributed by atoms with Crippen LogP contribution in [0.5, 0.6) is 5.75 Å². The van der Waals surface area contributed by atoms with Gasteiger partial charge in [0.05, 0.1) is 13.2 Å². The van der Waals surface area contributed by atoms with Crippen LogP contribution in [0.3, 0.4) is 0 Å². The van der Waals surface area contributed by atoms with Crippen LogP contribution < -0.4 is 10.1 Å². The first-order valence-electron chi connectivity index (χ1n) is 7.51. The van der Waals surface area contributed by atoms with Gasteiger partial charge in [-0.15, -0.1) is 0 Å². The number of carbonyl (C=O) groups excluding carboxylic acids is 1. The largest absolute Gasteiger partial charge is 0.497 e. The molecule has 0 aromatic heterocycles. The molecule has 21 heavy (non-hydrogen) atoms. The average molecular weight is 288 g/mol. The molecular formula is C17H24N2O2. The monoisotopic (exact) mass is 288 g/mol. The van der Waals surface area contributed by atoms with Crippen molar-refractivity contribution in [3.63, 3.8) is 0 Å². The van der Waals surface area contributed by atoms with Crippen LogP contribution in [0.15, 0.2) is 30.3 Å². The summed E-state index contributed by atoms with van der Waals surface area (Å²) in [7, 11) is 3.39.